The molecule has 0 aliphatic carbocycles. The van der Waals surface area contributed by atoms with Crippen LogP contribution in [0.25, 0.3) is 16.8 Å². The van der Waals surface area contributed by atoms with Gasteiger partial charge in [0.2, 0.25) is 0 Å². The summed E-state index contributed by atoms with van der Waals surface area (Å²) >= 11 is 1.32. The van der Waals surface area contributed by atoms with Crippen molar-refractivity contribution in [3.63, 3.8) is 0 Å². The monoisotopic (exact) mass is 660 g/mol. The molecule has 0 saturated carbocycles. The maximum Gasteiger partial charge on any atom is 0.338 e. The first-order valence-corrected chi connectivity index (χ1v) is 17.2. The van der Waals surface area contributed by atoms with E-state index in [1.165, 1.54) is 16.9 Å². The Balaban J connectivity index is 1.39. The Kier molecular flexibility index (Phi) is 9.92. The molecular formula is C40H40N2O5S. The molecule has 4 aromatic carbocycles. The number of hydrogen-bond donors (Lipinski definition) is 0. The van der Waals surface area contributed by atoms with Gasteiger partial charge in [-0.3, -0.25) is 9.36 Å². The van der Waals surface area contributed by atoms with Crippen molar-refractivity contribution < 1.29 is 19.0 Å². The van der Waals surface area contributed by atoms with Crippen molar-refractivity contribution in [2.45, 2.75) is 59.1 Å². The molecule has 7 nitrogen and oxygen atoms in total. The van der Waals surface area contributed by atoms with Gasteiger partial charge in [-0.05, 0) is 70.5 Å². The number of carbonyl (C=O) groups excluding carboxylic acids is 1. The first kappa shape index (κ1) is 33.0. The number of allylic oxidation sites excluding steroid dienone is 1. The van der Waals surface area contributed by atoms with Gasteiger partial charge >= 0.3 is 5.97 Å². The van der Waals surface area contributed by atoms with Crippen LogP contribution in [0.1, 0.15) is 74.8 Å². The van der Waals surface area contributed by atoms with Crippen LogP contribution in [0.15, 0.2) is 106 Å². The summed E-state index contributed by atoms with van der Waals surface area (Å²) in [6.45, 7) is 8.73. The minimum Gasteiger partial charge on any atom is -0.493 e. The van der Waals surface area contributed by atoms with E-state index in [1.807, 2.05) is 54.6 Å². The Bertz CT molecular complexity index is 2170. The molecule has 8 heteroatoms. The lowest BCUT2D eigenvalue weighted by Crippen LogP contribution is -2.40. The molecule has 6 rings (SSSR count). The number of aromatic nitrogens is 1. The molecule has 5 aromatic rings. The highest BCUT2D eigenvalue weighted by atomic mass is 32.1. The Morgan fingerprint density at radius 3 is 2.48 bits per heavy atom. The van der Waals surface area contributed by atoms with Crippen molar-refractivity contribution in [3.8, 4) is 11.5 Å². The van der Waals surface area contributed by atoms with E-state index in [4.69, 9.17) is 19.2 Å². The number of esters is 1. The maximum absolute atomic E-state index is 14.2. The summed E-state index contributed by atoms with van der Waals surface area (Å²) in [4.78, 5) is 33.1. The molecule has 48 heavy (non-hydrogen) atoms. The third-order valence-corrected chi connectivity index (χ3v) is 9.54. The highest BCUT2D eigenvalue weighted by Gasteiger charge is 2.34. The predicted octanol–water partition coefficient (Wildman–Crippen LogP) is 7.44. The third kappa shape index (κ3) is 6.58. The number of nitrogens with zero attached hydrogens (tertiary/aromatic N) is 2. The van der Waals surface area contributed by atoms with Gasteiger partial charge < -0.3 is 14.2 Å². The number of ether oxygens (including phenoxy) is 3. The average Bonchev–Trinajstić information content (AvgIpc) is 3.40. The molecule has 0 fully saturated rings. The third-order valence-electron chi connectivity index (χ3n) is 8.56. The zero-order chi connectivity index (χ0) is 33.8. The quantitative estimate of drug-likeness (QED) is 0.138. The Hall–Kier alpha value is -4.95. The average molecular weight is 661 g/mol. The summed E-state index contributed by atoms with van der Waals surface area (Å²) < 4.78 is 19.6. The van der Waals surface area contributed by atoms with E-state index >= 15 is 0 Å². The minimum absolute atomic E-state index is 0.218. The lowest BCUT2D eigenvalue weighted by molar-refractivity contribution is -0.139. The topological polar surface area (TPSA) is 79.1 Å². The highest BCUT2D eigenvalue weighted by molar-refractivity contribution is 7.07. The number of thiazole rings is 1. The predicted molar refractivity (Wildman–Crippen MR) is 191 cm³/mol. The second-order valence-electron chi connectivity index (χ2n) is 12.1. The highest BCUT2D eigenvalue weighted by Crippen LogP contribution is 2.34. The molecule has 0 amide bonds. The molecule has 1 aliphatic heterocycles. The molecule has 0 spiro atoms. The van der Waals surface area contributed by atoms with E-state index < -0.39 is 12.0 Å². The molecule has 2 heterocycles. The SMILES string of the molecule is CCCC1=C(C(=O)OCC)[C@@H](c2ccc(C(C)C)cc2)n2c(s/c(=C\c3ccc(OCc4cccc5ccccc45)c(OC)c3)c2=O)=N1. The van der Waals surface area contributed by atoms with Crippen molar-refractivity contribution >= 4 is 34.2 Å². The summed E-state index contributed by atoms with van der Waals surface area (Å²) in [5.41, 5.74) is 4.75. The Morgan fingerprint density at radius 1 is 0.979 bits per heavy atom. The molecule has 0 bridgehead atoms. The molecule has 246 valence electrons. The van der Waals surface area contributed by atoms with Crippen LogP contribution in [0.4, 0.5) is 0 Å². The summed E-state index contributed by atoms with van der Waals surface area (Å²) in [6, 6.07) is 27.6. The normalized spacial score (nSPS) is 14.6. The van der Waals surface area contributed by atoms with E-state index in [1.54, 1.807) is 18.6 Å². The van der Waals surface area contributed by atoms with Gasteiger partial charge in [0.05, 0.1) is 35.6 Å². The van der Waals surface area contributed by atoms with E-state index in [9.17, 15) is 9.59 Å². The van der Waals surface area contributed by atoms with Crippen molar-refractivity contribution in [2.24, 2.45) is 4.99 Å². The van der Waals surface area contributed by atoms with E-state index in [2.05, 4.69) is 57.2 Å². The Labute approximate surface area is 284 Å². The smallest absolute Gasteiger partial charge is 0.338 e. The first-order chi connectivity index (χ1) is 23.3. The van der Waals surface area contributed by atoms with Crippen LogP contribution in [-0.4, -0.2) is 24.3 Å². The van der Waals surface area contributed by atoms with E-state index in [0.29, 0.717) is 51.0 Å². The summed E-state index contributed by atoms with van der Waals surface area (Å²) in [7, 11) is 1.61. The van der Waals surface area contributed by atoms with Crippen LogP contribution in [0.3, 0.4) is 0 Å². The molecule has 1 aliphatic rings. The standard InChI is InChI=1S/C40H40N2O5S/c1-6-11-32-36(39(44)46-7-2)37(29-19-17-27(18-20-29)25(3)4)42-38(43)35(48-40(42)41-32)23-26-16-21-33(34(22-26)45-5)47-24-30-14-10-13-28-12-8-9-15-31(28)30/h8-10,12-23,25,37H,6-7,11,24H2,1-5H3/b35-23-/t37-/m1/s1. The van der Waals surface area contributed by atoms with Crippen LogP contribution >= 0.6 is 11.3 Å². The number of rotatable bonds is 11. The van der Waals surface area contributed by atoms with Gasteiger partial charge in [0.1, 0.15) is 6.61 Å². The van der Waals surface area contributed by atoms with E-state index in [-0.39, 0.29) is 12.2 Å². The molecular weight excluding hydrogens is 621 g/mol. The van der Waals surface area contributed by atoms with Crippen molar-refractivity contribution in [1.29, 1.82) is 0 Å². The van der Waals surface area contributed by atoms with Crippen LogP contribution in [-0.2, 0) is 16.1 Å². The van der Waals surface area contributed by atoms with Crippen LogP contribution in [0.2, 0.25) is 0 Å². The fourth-order valence-electron chi connectivity index (χ4n) is 6.12. The van der Waals surface area contributed by atoms with Gasteiger partial charge in [-0.25, -0.2) is 9.79 Å². The van der Waals surface area contributed by atoms with E-state index in [0.717, 1.165) is 33.9 Å². The van der Waals surface area contributed by atoms with Crippen molar-refractivity contribution in [2.75, 3.05) is 13.7 Å². The minimum atomic E-state index is -0.649. The zero-order valence-corrected chi connectivity index (χ0v) is 28.8. The lowest BCUT2D eigenvalue weighted by atomic mass is 9.92. The van der Waals surface area contributed by atoms with Gasteiger partial charge in [-0.2, -0.15) is 0 Å². The fraction of sp³-hybridized carbons (Fsp3) is 0.275. The van der Waals surface area contributed by atoms with Crippen LogP contribution in [0.5, 0.6) is 11.5 Å². The van der Waals surface area contributed by atoms with Gasteiger partial charge in [-0.1, -0.05) is 111 Å². The molecule has 0 N–H and O–H groups in total. The van der Waals surface area contributed by atoms with Crippen molar-refractivity contribution in [1.82, 2.24) is 4.57 Å². The van der Waals surface area contributed by atoms with Crippen molar-refractivity contribution in [3.05, 3.63) is 138 Å². The summed E-state index contributed by atoms with van der Waals surface area (Å²) in [5.74, 6) is 1.08. The molecule has 1 atom stereocenters. The van der Waals surface area contributed by atoms with Gasteiger partial charge in [0.25, 0.3) is 5.56 Å². The zero-order valence-electron chi connectivity index (χ0n) is 28.0. The molecule has 1 aromatic heterocycles. The molecule has 0 unspecified atom stereocenters. The second-order valence-corrected chi connectivity index (χ2v) is 13.1. The first-order valence-electron chi connectivity index (χ1n) is 16.4. The largest absolute Gasteiger partial charge is 0.493 e. The Morgan fingerprint density at radius 2 is 1.75 bits per heavy atom. The maximum atomic E-state index is 14.2. The summed E-state index contributed by atoms with van der Waals surface area (Å²) in [5, 5.41) is 2.31. The lowest BCUT2D eigenvalue weighted by Gasteiger charge is -2.26. The summed E-state index contributed by atoms with van der Waals surface area (Å²) in [6.07, 6.45) is 3.23. The number of fused-ring (bicyclic) bond motifs is 2. The number of methoxy groups -OCH3 is 1. The second kappa shape index (κ2) is 14.4. The van der Waals surface area contributed by atoms with Gasteiger partial charge in [0, 0.05) is 0 Å². The fourth-order valence-corrected chi connectivity index (χ4v) is 7.14. The number of benzene rings is 4. The van der Waals surface area contributed by atoms with Crippen LogP contribution in [0, 0.1) is 0 Å². The van der Waals surface area contributed by atoms with Crippen LogP contribution < -0.4 is 24.4 Å². The van der Waals surface area contributed by atoms with Gasteiger partial charge in [0.15, 0.2) is 16.3 Å². The molecule has 0 saturated heterocycles. The number of carbonyl (C=O) groups is 1. The van der Waals surface area contributed by atoms with Gasteiger partial charge in [-0.15, -0.1) is 0 Å². The molecule has 0 radical (unpaired) electrons. The number of hydrogen-bond acceptors (Lipinski definition) is 7.